The molecule has 1 heterocycles. The molecule has 2 aromatic rings. The highest BCUT2D eigenvalue weighted by Gasteiger charge is 2.01. The highest BCUT2D eigenvalue weighted by molar-refractivity contribution is 7.11. The van der Waals surface area contributed by atoms with Crippen LogP contribution in [0.4, 0.5) is 0 Å². The Balaban J connectivity index is 2.05. The first-order valence-corrected chi connectivity index (χ1v) is 6.50. The van der Waals surface area contributed by atoms with E-state index >= 15 is 0 Å². The third-order valence-electron chi connectivity index (χ3n) is 2.41. The molecule has 0 saturated heterocycles. The maximum atomic E-state index is 10.5. The van der Waals surface area contributed by atoms with Crippen molar-refractivity contribution in [2.24, 2.45) is 0 Å². The van der Waals surface area contributed by atoms with Crippen molar-refractivity contribution in [2.45, 2.75) is 19.8 Å². The van der Waals surface area contributed by atoms with Gasteiger partial charge in [0.05, 0.1) is 4.88 Å². The minimum Gasteiger partial charge on any atom is -0.456 e. The van der Waals surface area contributed by atoms with Crippen LogP contribution in [0.5, 0.6) is 11.5 Å². The number of aldehydes is 1. The molecule has 0 atom stereocenters. The number of aryl methyl sites for hydroxylation is 1. The Hall–Kier alpha value is -1.61. The molecular weight excluding hydrogens is 232 g/mol. The van der Waals surface area contributed by atoms with Crippen molar-refractivity contribution in [2.75, 3.05) is 0 Å². The third-order valence-corrected chi connectivity index (χ3v) is 3.25. The van der Waals surface area contributed by atoms with Crippen LogP contribution in [0.1, 0.15) is 28.6 Å². The molecule has 0 N–H and O–H groups in total. The SMILES string of the molecule is CCCc1ccc(Oc2csc(C=O)c2)cc1. The van der Waals surface area contributed by atoms with E-state index in [1.54, 1.807) is 6.07 Å². The number of rotatable bonds is 5. The van der Waals surface area contributed by atoms with Gasteiger partial charge >= 0.3 is 0 Å². The van der Waals surface area contributed by atoms with Crippen LogP contribution in [-0.2, 0) is 6.42 Å². The Morgan fingerprint density at radius 1 is 1.24 bits per heavy atom. The fourth-order valence-corrected chi connectivity index (χ4v) is 2.21. The van der Waals surface area contributed by atoms with E-state index in [2.05, 4.69) is 19.1 Å². The highest BCUT2D eigenvalue weighted by atomic mass is 32.1. The molecule has 0 fully saturated rings. The molecule has 2 rings (SSSR count). The van der Waals surface area contributed by atoms with Crippen molar-refractivity contribution in [1.29, 1.82) is 0 Å². The highest BCUT2D eigenvalue weighted by Crippen LogP contribution is 2.26. The summed E-state index contributed by atoms with van der Waals surface area (Å²) in [5, 5.41) is 1.84. The van der Waals surface area contributed by atoms with Crippen LogP contribution in [0, 0.1) is 0 Å². The molecule has 0 aliphatic heterocycles. The second-order valence-corrected chi connectivity index (χ2v) is 4.74. The summed E-state index contributed by atoms with van der Waals surface area (Å²) in [5.41, 5.74) is 1.32. The van der Waals surface area contributed by atoms with E-state index in [0.717, 1.165) is 30.6 Å². The van der Waals surface area contributed by atoms with Gasteiger partial charge in [-0.3, -0.25) is 4.79 Å². The van der Waals surface area contributed by atoms with Crippen molar-refractivity contribution < 1.29 is 9.53 Å². The van der Waals surface area contributed by atoms with Crippen LogP contribution in [0.25, 0.3) is 0 Å². The van der Waals surface area contributed by atoms with Crippen LogP contribution in [0.2, 0.25) is 0 Å². The summed E-state index contributed by atoms with van der Waals surface area (Å²) in [6.45, 7) is 2.16. The van der Waals surface area contributed by atoms with E-state index in [1.165, 1.54) is 16.9 Å². The second-order valence-electron chi connectivity index (χ2n) is 3.80. The van der Waals surface area contributed by atoms with Crippen molar-refractivity contribution >= 4 is 17.6 Å². The van der Waals surface area contributed by atoms with Gasteiger partial charge < -0.3 is 4.74 Å². The lowest BCUT2D eigenvalue weighted by Crippen LogP contribution is -1.85. The Bertz CT molecular complexity index is 485. The zero-order valence-electron chi connectivity index (χ0n) is 9.68. The summed E-state index contributed by atoms with van der Waals surface area (Å²) in [5.74, 6) is 1.53. The molecule has 0 radical (unpaired) electrons. The van der Waals surface area contributed by atoms with E-state index in [0.29, 0.717) is 4.88 Å². The van der Waals surface area contributed by atoms with Gasteiger partial charge in [-0.2, -0.15) is 0 Å². The Kier molecular flexibility index (Phi) is 3.94. The van der Waals surface area contributed by atoms with Gasteiger partial charge in [-0.15, -0.1) is 11.3 Å². The van der Waals surface area contributed by atoms with Crippen LogP contribution < -0.4 is 4.74 Å². The summed E-state index contributed by atoms with van der Waals surface area (Å²) in [6.07, 6.45) is 3.07. The third kappa shape index (κ3) is 3.17. The molecular formula is C14H14O2S. The summed E-state index contributed by atoms with van der Waals surface area (Å²) in [4.78, 5) is 11.2. The second kappa shape index (κ2) is 5.64. The maximum Gasteiger partial charge on any atom is 0.160 e. The summed E-state index contributed by atoms with van der Waals surface area (Å²) in [7, 11) is 0. The number of ether oxygens (including phenoxy) is 1. The Labute approximate surface area is 105 Å². The predicted molar refractivity (Wildman–Crippen MR) is 70.2 cm³/mol. The molecule has 88 valence electrons. The van der Waals surface area contributed by atoms with E-state index < -0.39 is 0 Å². The molecule has 0 aliphatic carbocycles. The fourth-order valence-electron chi connectivity index (χ4n) is 1.60. The lowest BCUT2D eigenvalue weighted by molar-refractivity contribution is 0.112. The molecule has 3 heteroatoms. The number of hydrogen-bond acceptors (Lipinski definition) is 3. The number of hydrogen-bond donors (Lipinski definition) is 0. The first kappa shape index (κ1) is 11.9. The molecule has 0 bridgehead atoms. The molecule has 1 aromatic carbocycles. The normalized spacial score (nSPS) is 10.2. The van der Waals surface area contributed by atoms with E-state index in [4.69, 9.17) is 4.74 Å². The minimum atomic E-state index is 0.683. The van der Waals surface area contributed by atoms with Gasteiger partial charge in [-0.05, 0) is 24.1 Å². The Morgan fingerprint density at radius 3 is 2.59 bits per heavy atom. The molecule has 0 unspecified atom stereocenters. The van der Waals surface area contributed by atoms with Gasteiger partial charge in [0.2, 0.25) is 0 Å². The lowest BCUT2D eigenvalue weighted by Gasteiger charge is -2.04. The lowest BCUT2D eigenvalue weighted by atomic mass is 10.1. The Morgan fingerprint density at radius 2 is 2.00 bits per heavy atom. The summed E-state index contributed by atoms with van der Waals surface area (Å²) < 4.78 is 5.65. The molecule has 0 saturated carbocycles. The molecule has 17 heavy (non-hydrogen) atoms. The zero-order valence-corrected chi connectivity index (χ0v) is 10.5. The summed E-state index contributed by atoms with van der Waals surface area (Å²) in [6, 6.07) is 9.82. The van der Waals surface area contributed by atoms with Crippen LogP contribution >= 0.6 is 11.3 Å². The van der Waals surface area contributed by atoms with Gasteiger partial charge in [-0.1, -0.05) is 25.5 Å². The first-order valence-electron chi connectivity index (χ1n) is 5.62. The largest absolute Gasteiger partial charge is 0.456 e. The predicted octanol–water partition coefficient (Wildman–Crippen LogP) is 4.31. The first-order chi connectivity index (χ1) is 8.31. The number of carbonyl (C=O) groups is 1. The van der Waals surface area contributed by atoms with Gasteiger partial charge in [-0.25, -0.2) is 0 Å². The van der Waals surface area contributed by atoms with Crippen LogP contribution in [0.3, 0.4) is 0 Å². The minimum absolute atomic E-state index is 0.683. The molecule has 0 amide bonds. The van der Waals surface area contributed by atoms with Crippen LogP contribution in [-0.4, -0.2) is 6.29 Å². The molecule has 1 aromatic heterocycles. The molecule has 0 aliphatic rings. The van der Waals surface area contributed by atoms with E-state index in [-0.39, 0.29) is 0 Å². The topological polar surface area (TPSA) is 26.3 Å². The van der Waals surface area contributed by atoms with Gasteiger partial charge in [0.1, 0.15) is 11.5 Å². The van der Waals surface area contributed by atoms with Crippen molar-refractivity contribution in [3.8, 4) is 11.5 Å². The van der Waals surface area contributed by atoms with Crippen LogP contribution in [0.15, 0.2) is 35.7 Å². The van der Waals surface area contributed by atoms with E-state index in [1.807, 2.05) is 17.5 Å². The fraction of sp³-hybridized carbons (Fsp3) is 0.214. The smallest absolute Gasteiger partial charge is 0.160 e. The van der Waals surface area contributed by atoms with Gasteiger partial charge in [0.15, 0.2) is 6.29 Å². The van der Waals surface area contributed by atoms with Crippen molar-refractivity contribution in [1.82, 2.24) is 0 Å². The van der Waals surface area contributed by atoms with E-state index in [9.17, 15) is 4.79 Å². The standard InChI is InChI=1S/C14H14O2S/c1-2-3-11-4-6-12(7-5-11)16-13-8-14(9-15)17-10-13/h4-10H,2-3H2,1H3. The average molecular weight is 246 g/mol. The van der Waals surface area contributed by atoms with Gasteiger partial charge in [0, 0.05) is 11.4 Å². The quantitative estimate of drug-likeness (QED) is 0.735. The number of benzene rings is 1. The molecule has 0 spiro atoms. The zero-order chi connectivity index (χ0) is 12.1. The average Bonchev–Trinajstić information content (AvgIpc) is 2.80. The van der Waals surface area contributed by atoms with Gasteiger partial charge in [0.25, 0.3) is 0 Å². The molecule has 2 nitrogen and oxygen atoms in total. The maximum absolute atomic E-state index is 10.5. The monoisotopic (exact) mass is 246 g/mol. The number of carbonyl (C=O) groups excluding carboxylic acids is 1. The van der Waals surface area contributed by atoms with Crippen molar-refractivity contribution in [3.63, 3.8) is 0 Å². The van der Waals surface area contributed by atoms with Crippen molar-refractivity contribution in [3.05, 3.63) is 46.2 Å². The summed E-state index contributed by atoms with van der Waals surface area (Å²) >= 11 is 1.39. The number of thiophene rings is 1.